The third kappa shape index (κ3) is 3.51. The zero-order chi connectivity index (χ0) is 16.4. The number of hydrogen-bond acceptors (Lipinski definition) is 3. The predicted octanol–water partition coefficient (Wildman–Crippen LogP) is 3.70. The van der Waals surface area contributed by atoms with E-state index in [0.717, 1.165) is 21.8 Å². The number of benzene rings is 1. The molecule has 0 aliphatic rings. The molecule has 1 N–H and O–H groups in total. The zero-order valence-corrected chi connectivity index (χ0v) is 14.3. The lowest BCUT2D eigenvalue weighted by Crippen LogP contribution is -2.24. The molecule has 0 aliphatic heterocycles. The Bertz CT molecular complexity index is 830. The van der Waals surface area contributed by atoms with E-state index in [1.165, 1.54) is 5.56 Å². The second kappa shape index (κ2) is 6.38. The van der Waals surface area contributed by atoms with Gasteiger partial charge in [0, 0.05) is 30.7 Å². The van der Waals surface area contributed by atoms with Gasteiger partial charge in [0.2, 0.25) is 0 Å². The first kappa shape index (κ1) is 15.5. The molecule has 0 bridgehead atoms. The fraction of sp³-hybridized carbons (Fsp3) is 0.222. The van der Waals surface area contributed by atoms with Crippen LogP contribution in [-0.4, -0.2) is 15.5 Å². The van der Waals surface area contributed by atoms with E-state index in [1.807, 2.05) is 67.4 Å². The number of aryl methyl sites for hydroxylation is 3. The molecular weight excluding hydrogens is 306 g/mol. The smallest absolute Gasteiger partial charge is 0.268 e. The highest BCUT2D eigenvalue weighted by molar-refractivity contribution is 7.09. The first-order chi connectivity index (χ1) is 11.0. The highest BCUT2D eigenvalue weighted by atomic mass is 32.1. The molecule has 1 amide bonds. The van der Waals surface area contributed by atoms with Crippen molar-refractivity contribution in [2.45, 2.75) is 20.4 Å². The maximum atomic E-state index is 12.4. The lowest BCUT2D eigenvalue weighted by molar-refractivity contribution is 0.0943. The van der Waals surface area contributed by atoms with E-state index in [2.05, 4.69) is 10.3 Å². The summed E-state index contributed by atoms with van der Waals surface area (Å²) in [7, 11) is 1.88. The van der Waals surface area contributed by atoms with Crippen molar-refractivity contribution in [2.75, 3.05) is 0 Å². The molecule has 1 aromatic carbocycles. The van der Waals surface area contributed by atoms with Crippen LogP contribution in [0.4, 0.5) is 0 Å². The Morgan fingerprint density at radius 3 is 2.65 bits per heavy atom. The summed E-state index contributed by atoms with van der Waals surface area (Å²) in [5.41, 5.74) is 4.83. The van der Waals surface area contributed by atoms with Gasteiger partial charge < -0.3 is 9.88 Å². The number of carbonyl (C=O) groups excluding carboxylic acids is 1. The molecule has 118 valence electrons. The van der Waals surface area contributed by atoms with Gasteiger partial charge in [-0.05, 0) is 25.5 Å². The molecule has 3 rings (SSSR count). The SMILES string of the molecule is Cc1ccc(CNC(=O)c2cc(-c3csc(C)n3)cn2C)cc1. The number of amides is 1. The number of thiazole rings is 1. The van der Waals surface area contributed by atoms with Gasteiger partial charge in [-0.1, -0.05) is 29.8 Å². The Morgan fingerprint density at radius 2 is 2.00 bits per heavy atom. The first-order valence-corrected chi connectivity index (χ1v) is 8.33. The van der Waals surface area contributed by atoms with E-state index in [4.69, 9.17) is 0 Å². The van der Waals surface area contributed by atoms with Crippen molar-refractivity contribution >= 4 is 17.2 Å². The van der Waals surface area contributed by atoms with Gasteiger partial charge >= 0.3 is 0 Å². The third-order valence-electron chi connectivity index (χ3n) is 3.73. The largest absolute Gasteiger partial charge is 0.347 e. The highest BCUT2D eigenvalue weighted by Crippen LogP contribution is 2.23. The minimum atomic E-state index is -0.0775. The Morgan fingerprint density at radius 1 is 1.26 bits per heavy atom. The summed E-state index contributed by atoms with van der Waals surface area (Å²) in [5, 5.41) is 6.00. The molecule has 0 radical (unpaired) electrons. The molecule has 5 heteroatoms. The average molecular weight is 325 g/mol. The van der Waals surface area contributed by atoms with Crippen molar-refractivity contribution in [1.82, 2.24) is 14.9 Å². The second-order valence-corrected chi connectivity index (χ2v) is 6.71. The van der Waals surface area contributed by atoms with Crippen molar-refractivity contribution < 1.29 is 4.79 Å². The molecule has 23 heavy (non-hydrogen) atoms. The van der Waals surface area contributed by atoms with Crippen molar-refractivity contribution in [3.05, 3.63) is 63.7 Å². The normalized spacial score (nSPS) is 10.7. The van der Waals surface area contributed by atoms with Gasteiger partial charge in [-0.2, -0.15) is 0 Å². The van der Waals surface area contributed by atoms with Crippen LogP contribution in [-0.2, 0) is 13.6 Å². The summed E-state index contributed by atoms with van der Waals surface area (Å²) in [6, 6.07) is 10.0. The number of nitrogens with zero attached hydrogens (tertiary/aromatic N) is 2. The molecule has 2 heterocycles. The van der Waals surface area contributed by atoms with E-state index in [0.29, 0.717) is 12.2 Å². The molecule has 0 atom stereocenters. The van der Waals surface area contributed by atoms with Gasteiger partial charge in [-0.15, -0.1) is 11.3 Å². The van der Waals surface area contributed by atoms with Crippen molar-refractivity contribution in [1.29, 1.82) is 0 Å². The fourth-order valence-corrected chi connectivity index (χ4v) is 3.03. The van der Waals surface area contributed by atoms with Crippen LogP contribution >= 0.6 is 11.3 Å². The predicted molar refractivity (Wildman–Crippen MR) is 93.6 cm³/mol. The summed E-state index contributed by atoms with van der Waals surface area (Å²) in [6.07, 6.45) is 1.94. The number of rotatable bonds is 4. The molecule has 0 unspecified atom stereocenters. The van der Waals surface area contributed by atoms with Gasteiger partial charge in [0.15, 0.2) is 0 Å². The maximum Gasteiger partial charge on any atom is 0.268 e. The van der Waals surface area contributed by atoms with Crippen LogP contribution in [0.3, 0.4) is 0 Å². The fourth-order valence-electron chi connectivity index (χ4n) is 2.41. The Kier molecular flexibility index (Phi) is 4.30. The Balaban J connectivity index is 1.72. The monoisotopic (exact) mass is 325 g/mol. The quantitative estimate of drug-likeness (QED) is 0.795. The van der Waals surface area contributed by atoms with Crippen LogP contribution in [0.2, 0.25) is 0 Å². The van der Waals surface area contributed by atoms with Crippen LogP contribution in [0.5, 0.6) is 0 Å². The van der Waals surface area contributed by atoms with Crippen molar-refractivity contribution in [2.24, 2.45) is 7.05 Å². The van der Waals surface area contributed by atoms with Gasteiger partial charge in [0.1, 0.15) is 5.69 Å². The molecule has 0 fully saturated rings. The highest BCUT2D eigenvalue weighted by Gasteiger charge is 2.13. The van der Waals surface area contributed by atoms with Crippen molar-refractivity contribution in [3.63, 3.8) is 0 Å². The minimum Gasteiger partial charge on any atom is -0.347 e. The van der Waals surface area contributed by atoms with Crippen LogP contribution in [0.1, 0.15) is 26.6 Å². The van der Waals surface area contributed by atoms with E-state index in [9.17, 15) is 4.79 Å². The van der Waals surface area contributed by atoms with Gasteiger partial charge in [-0.25, -0.2) is 4.98 Å². The van der Waals surface area contributed by atoms with Crippen LogP contribution < -0.4 is 5.32 Å². The zero-order valence-electron chi connectivity index (χ0n) is 13.5. The summed E-state index contributed by atoms with van der Waals surface area (Å²) >= 11 is 1.61. The number of hydrogen-bond donors (Lipinski definition) is 1. The third-order valence-corrected chi connectivity index (χ3v) is 4.50. The van der Waals surface area contributed by atoms with Crippen molar-refractivity contribution in [3.8, 4) is 11.3 Å². The van der Waals surface area contributed by atoms with Crippen LogP contribution in [0.25, 0.3) is 11.3 Å². The average Bonchev–Trinajstić information content (AvgIpc) is 3.12. The van der Waals surface area contributed by atoms with E-state index >= 15 is 0 Å². The van der Waals surface area contributed by atoms with Gasteiger partial charge in [0.25, 0.3) is 5.91 Å². The molecule has 2 aromatic heterocycles. The first-order valence-electron chi connectivity index (χ1n) is 7.45. The van der Waals surface area contributed by atoms with E-state index in [-0.39, 0.29) is 5.91 Å². The Hall–Kier alpha value is -2.40. The van der Waals surface area contributed by atoms with E-state index < -0.39 is 0 Å². The number of aromatic nitrogens is 2. The molecular formula is C18H19N3OS. The van der Waals surface area contributed by atoms with Gasteiger partial charge in [-0.3, -0.25) is 4.79 Å². The lowest BCUT2D eigenvalue weighted by atomic mass is 10.1. The molecule has 0 saturated carbocycles. The maximum absolute atomic E-state index is 12.4. The minimum absolute atomic E-state index is 0.0775. The standard InChI is InChI=1S/C18H19N3OS/c1-12-4-6-14(7-5-12)9-19-18(22)17-8-15(10-21(17)3)16-11-23-13(2)20-16/h4-8,10-11H,9H2,1-3H3,(H,19,22). The van der Waals surface area contributed by atoms with Crippen LogP contribution in [0.15, 0.2) is 41.9 Å². The molecule has 4 nitrogen and oxygen atoms in total. The molecule has 0 spiro atoms. The topological polar surface area (TPSA) is 46.9 Å². The number of nitrogens with one attached hydrogen (secondary N) is 1. The number of carbonyl (C=O) groups is 1. The molecule has 3 aromatic rings. The van der Waals surface area contributed by atoms with E-state index in [1.54, 1.807) is 11.3 Å². The summed E-state index contributed by atoms with van der Waals surface area (Å²) < 4.78 is 1.84. The molecule has 0 saturated heterocycles. The van der Waals surface area contributed by atoms with Crippen LogP contribution in [0, 0.1) is 13.8 Å². The summed E-state index contributed by atoms with van der Waals surface area (Å²) in [5.74, 6) is -0.0775. The van der Waals surface area contributed by atoms with Gasteiger partial charge in [0.05, 0.1) is 10.7 Å². The lowest BCUT2D eigenvalue weighted by Gasteiger charge is -2.06. The summed E-state index contributed by atoms with van der Waals surface area (Å²) in [6.45, 7) is 4.55. The summed E-state index contributed by atoms with van der Waals surface area (Å²) in [4.78, 5) is 16.9. The molecule has 0 aliphatic carbocycles. The Labute approximate surface area is 139 Å². The second-order valence-electron chi connectivity index (χ2n) is 5.64.